The van der Waals surface area contributed by atoms with Gasteiger partial charge in [0.25, 0.3) is 6.20 Å². The van der Waals surface area contributed by atoms with Crippen molar-refractivity contribution in [2.75, 3.05) is 19.1 Å². The number of aliphatic imine (C=N–C) groups is 1. The van der Waals surface area contributed by atoms with Gasteiger partial charge in [-0.15, -0.1) is 0 Å². The van der Waals surface area contributed by atoms with E-state index in [9.17, 15) is 5.11 Å². The van der Waals surface area contributed by atoms with Crippen molar-refractivity contribution in [3.63, 3.8) is 0 Å². The summed E-state index contributed by atoms with van der Waals surface area (Å²) in [6, 6.07) is 8.79. The third kappa shape index (κ3) is 2.60. The Balaban J connectivity index is 2.24. The van der Waals surface area contributed by atoms with Crippen LogP contribution in [0.15, 0.2) is 46.0 Å². The number of hydrogen-bond acceptors (Lipinski definition) is 5. The predicted octanol–water partition coefficient (Wildman–Crippen LogP) is -0.402. The Bertz CT molecular complexity index is 519. The average molecular weight is 232 g/mol. The molecule has 1 aromatic heterocycles. The lowest BCUT2D eigenvalue weighted by Crippen LogP contribution is -2.53. The van der Waals surface area contributed by atoms with Crippen molar-refractivity contribution in [2.45, 2.75) is 0 Å². The maximum Gasteiger partial charge on any atom is 0.324 e. The van der Waals surface area contributed by atoms with E-state index in [4.69, 9.17) is 4.52 Å². The van der Waals surface area contributed by atoms with Gasteiger partial charge in [0.2, 0.25) is 5.27 Å². The summed E-state index contributed by atoms with van der Waals surface area (Å²) in [6.45, 7) is 0. The van der Waals surface area contributed by atoms with E-state index in [1.807, 2.05) is 6.07 Å². The highest BCUT2D eigenvalue weighted by Crippen LogP contribution is 2.08. The fourth-order valence-corrected chi connectivity index (χ4v) is 1.21. The largest absolute Gasteiger partial charge is 0.858 e. The van der Waals surface area contributed by atoms with Crippen molar-refractivity contribution >= 4 is 11.8 Å². The van der Waals surface area contributed by atoms with Crippen molar-refractivity contribution < 1.29 is 14.4 Å². The maximum atomic E-state index is 11.7. The smallest absolute Gasteiger partial charge is 0.324 e. The lowest BCUT2D eigenvalue weighted by atomic mass is 10.2. The first kappa shape index (κ1) is 11.1. The molecule has 0 saturated heterocycles. The Hall–Kier alpha value is -2.37. The minimum Gasteiger partial charge on any atom is -0.858 e. The molecule has 0 radical (unpaired) electrons. The Morgan fingerprint density at radius 1 is 1.35 bits per heavy atom. The van der Waals surface area contributed by atoms with Gasteiger partial charge in [-0.25, -0.2) is 4.99 Å². The Labute approximate surface area is 98.4 Å². The molecule has 2 rings (SSSR count). The molecule has 0 amide bonds. The fraction of sp³-hybridized carbons (Fsp3) is 0.182. The molecule has 1 aromatic carbocycles. The van der Waals surface area contributed by atoms with Crippen LogP contribution >= 0.6 is 0 Å². The second kappa shape index (κ2) is 4.65. The van der Waals surface area contributed by atoms with Crippen LogP contribution in [0.5, 0.6) is 0 Å². The molecule has 0 atom stereocenters. The summed E-state index contributed by atoms with van der Waals surface area (Å²) in [5.41, 5.74) is 0.514. The van der Waals surface area contributed by atoms with E-state index in [-0.39, 0.29) is 11.8 Å². The van der Waals surface area contributed by atoms with Gasteiger partial charge >= 0.3 is 5.88 Å². The molecule has 0 aliphatic heterocycles. The molecule has 0 aliphatic carbocycles. The second-order valence-corrected chi connectivity index (χ2v) is 3.59. The third-order valence-corrected chi connectivity index (χ3v) is 2.09. The minimum atomic E-state index is -0.354. The molecule has 2 aromatic rings. The van der Waals surface area contributed by atoms with Gasteiger partial charge in [-0.1, -0.05) is 30.3 Å². The second-order valence-electron chi connectivity index (χ2n) is 3.59. The van der Waals surface area contributed by atoms with Gasteiger partial charge in [-0.05, 0) is 11.5 Å². The summed E-state index contributed by atoms with van der Waals surface area (Å²) in [5.74, 6) is -0.180. The van der Waals surface area contributed by atoms with E-state index < -0.39 is 0 Å². The lowest BCUT2D eigenvalue weighted by Gasteiger charge is -2.07. The highest BCUT2D eigenvalue weighted by atomic mass is 16.5. The Kier molecular flexibility index (Phi) is 3.04. The van der Waals surface area contributed by atoms with Crippen LogP contribution in [0.25, 0.3) is 0 Å². The van der Waals surface area contributed by atoms with E-state index in [1.165, 1.54) is 11.0 Å². The topological polar surface area (TPSA) is 68.6 Å². The van der Waals surface area contributed by atoms with Gasteiger partial charge < -0.3 is 5.11 Å². The summed E-state index contributed by atoms with van der Waals surface area (Å²) < 4.78 is 4.90. The third-order valence-electron chi connectivity index (χ3n) is 2.09. The molecule has 0 fully saturated rings. The van der Waals surface area contributed by atoms with E-state index in [0.29, 0.717) is 5.56 Å². The molecule has 0 aliphatic rings. The molecule has 6 heteroatoms. The molecule has 6 nitrogen and oxygen atoms in total. The van der Waals surface area contributed by atoms with Crippen molar-refractivity contribution in [3.8, 4) is 0 Å². The monoisotopic (exact) mass is 232 g/mol. The van der Waals surface area contributed by atoms with Crippen LogP contribution in [0.2, 0.25) is 0 Å². The molecule has 0 saturated carbocycles. The molecule has 88 valence electrons. The summed E-state index contributed by atoms with van der Waals surface area (Å²) in [5, 5.41) is 17.1. The first-order valence-corrected chi connectivity index (χ1v) is 5.04. The maximum absolute atomic E-state index is 11.7. The van der Waals surface area contributed by atoms with E-state index in [2.05, 4.69) is 10.3 Å². The van der Waals surface area contributed by atoms with Crippen molar-refractivity contribution in [2.24, 2.45) is 4.99 Å². The van der Waals surface area contributed by atoms with Gasteiger partial charge in [0, 0.05) is 0 Å². The number of nitrogens with zero attached hydrogens (tertiary/aromatic N) is 4. The summed E-state index contributed by atoms with van der Waals surface area (Å²) >= 11 is 0. The van der Waals surface area contributed by atoms with Crippen LogP contribution in [0, 0.1) is 0 Å². The molecule has 0 spiro atoms. The average Bonchev–Trinajstić information content (AvgIpc) is 2.79. The highest BCUT2D eigenvalue weighted by molar-refractivity contribution is 5.91. The summed E-state index contributed by atoms with van der Waals surface area (Å²) in [7, 11) is 3.59. The van der Waals surface area contributed by atoms with Crippen molar-refractivity contribution in [1.29, 1.82) is 0 Å². The minimum absolute atomic E-state index is 0.174. The molecular formula is C11H12N4O2. The van der Waals surface area contributed by atoms with Crippen molar-refractivity contribution in [1.82, 2.24) is 5.27 Å². The van der Waals surface area contributed by atoms with Gasteiger partial charge in [0.15, 0.2) is 0 Å². The van der Waals surface area contributed by atoms with Crippen LogP contribution in [0.4, 0.5) is 5.88 Å². The zero-order valence-electron chi connectivity index (χ0n) is 9.57. The molecule has 0 unspecified atom stereocenters. The van der Waals surface area contributed by atoms with Crippen LogP contribution in [0.1, 0.15) is 5.56 Å². The molecule has 0 N–H and O–H groups in total. The standard InChI is InChI=1S/C11H12N4O2/c1-14(2)15-8-10(17-13-15)12-11(16)9-6-4-3-5-7-9/h3-8H,1-2H3. The number of benzene rings is 1. The Morgan fingerprint density at radius 2 is 2.06 bits per heavy atom. The van der Waals surface area contributed by atoms with Gasteiger partial charge in [0.1, 0.15) is 0 Å². The predicted molar refractivity (Wildman–Crippen MR) is 59.4 cm³/mol. The van der Waals surface area contributed by atoms with Gasteiger partial charge in [0.05, 0.1) is 18.9 Å². The zero-order chi connectivity index (χ0) is 12.3. The first-order chi connectivity index (χ1) is 8.16. The van der Waals surface area contributed by atoms with Gasteiger partial charge in [-0.3, -0.25) is 4.52 Å². The molecular weight excluding hydrogens is 220 g/mol. The molecule has 1 heterocycles. The Morgan fingerprint density at radius 3 is 2.65 bits per heavy atom. The number of aromatic nitrogens is 2. The number of rotatable bonds is 3. The highest BCUT2D eigenvalue weighted by Gasteiger charge is 2.12. The van der Waals surface area contributed by atoms with Crippen LogP contribution in [-0.4, -0.2) is 25.3 Å². The normalized spacial score (nSPS) is 11.5. The van der Waals surface area contributed by atoms with Crippen LogP contribution in [-0.2, 0) is 0 Å². The zero-order valence-corrected chi connectivity index (χ0v) is 9.57. The molecule has 0 bridgehead atoms. The van der Waals surface area contributed by atoms with E-state index >= 15 is 0 Å². The molecule has 17 heavy (non-hydrogen) atoms. The summed E-state index contributed by atoms with van der Waals surface area (Å²) in [6.07, 6.45) is 1.53. The van der Waals surface area contributed by atoms with Crippen LogP contribution < -0.4 is 14.9 Å². The van der Waals surface area contributed by atoms with Gasteiger partial charge in [-0.2, -0.15) is 5.01 Å². The summed E-state index contributed by atoms with van der Waals surface area (Å²) in [4.78, 5) is 5.26. The number of hydrogen-bond donors (Lipinski definition) is 0. The SMILES string of the molecule is CN(C)[n+]1cc(N=C([O-])c2ccccc2)on1. The first-order valence-electron chi connectivity index (χ1n) is 5.04. The van der Waals surface area contributed by atoms with Crippen molar-refractivity contribution in [3.05, 3.63) is 42.1 Å². The lowest BCUT2D eigenvalue weighted by molar-refractivity contribution is -0.753. The van der Waals surface area contributed by atoms with E-state index in [0.717, 1.165) is 0 Å². The van der Waals surface area contributed by atoms with Crippen LogP contribution in [0.3, 0.4) is 0 Å². The fourth-order valence-electron chi connectivity index (χ4n) is 1.21. The van der Waals surface area contributed by atoms with E-state index in [1.54, 1.807) is 43.4 Å². The quantitative estimate of drug-likeness (QED) is 0.410.